The first-order valence-electron chi connectivity index (χ1n) is 6.69. The highest BCUT2D eigenvalue weighted by Crippen LogP contribution is 2.40. The molecule has 19 heavy (non-hydrogen) atoms. The van der Waals surface area contributed by atoms with E-state index in [1.54, 1.807) is 0 Å². The smallest absolute Gasteiger partial charge is 0.128 e. The molecule has 0 radical (unpaired) electrons. The van der Waals surface area contributed by atoms with E-state index in [1.165, 1.54) is 5.56 Å². The molecule has 1 aliphatic heterocycles. The van der Waals surface area contributed by atoms with Crippen molar-refractivity contribution < 1.29 is 9.47 Å². The van der Waals surface area contributed by atoms with Crippen LogP contribution in [0.2, 0.25) is 0 Å². The number of rotatable bonds is 4. The lowest BCUT2D eigenvalue weighted by Gasteiger charge is -2.37. The molecule has 0 aromatic heterocycles. The van der Waals surface area contributed by atoms with Crippen LogP contribution >= 0.6 is 0 Å². The van der Waals surface area contributed by atoms with Gasteiger partial charge in [-0.15, -0.1) is 0 Å². The molecule has 3 heteroatoms. The molecule has 0 saturated carbocycles. The molecule has 0 bridgehead atoms. The van der Waals surface area contributed by atoms with Crippen LogP contribution in [0.4, 0.5) is 0 Å². The fourth-order valence-electron chi connectivity index (χ4n) is 2.39. The predicted octanol–water partition coefficient (Wildman–Crippen LogP) is 3.46. The van der Waals surface area contributed by atoms with E-state index in [2.05, 4.69) is 31.8 Å². The topological polar surface area (TPSA) is 30.5 Å². The predicted molar refractivity (Wildman–Crippen MR) is 77.9 cm³/mol. The number of nitrogens with one attached hydrogen (secondary N) is 1. The van der Waals surface area contributed by atoms with Crippen LogP contribution < -0.4 is 14.8 Å². The molecule has 2 rings (SSSR count). The number of fused-ring (bicyclic) bond motifs is 1. The lowest BCUT2D eigenvalue weighted by atomic mass is 9.90. The third-order valence-electron chi connectivity index (χ3n) is 3.28. The van der Waals surface area contributed by atoms with Crippen LogP contribution in [-0.4, -0.2) is 19.3 Å². The average Bonchev–Trinajstić information content (AvgIpc) is 2.33. The van der Waals surface area contributed by atoms with Crippen molar-refractivity contribution in [3.63, 3.8) is 0 Å². The van der Waals surface area contributed by atoms with Crippen molar-refractivity contribution in [2.24, 2.45) is 0 Å². The summed E-state index contributed by atoms with van der Waals surface area (Å²) in [6, 6.07) is 6.38. The largest absolute Gasteiger partial charge is 0.489 e. The lowest BCUT2D eigenvalue weighted by molar-refractivity contribution is 0.0671. The van der Waals surface area contributed by atoms with Crippen LogP contribution in [-0.2, 0) is 0 Å². The van der Waals surface area contributed by atoms with E-state index in [0.29, 0.717) is 12.6 Å². The van der Waals surface area contributed by atoms with Crippen LogP contribution in [0.3, 0.4) is 0 Å². The van der Waals surface area contributed by atoms with E-state index in [1.807, 2.05) is 26.1 Å². The van der Waals surface area contributed by atoms with E-state index < -0.39 is 0 Å². The van der Waals surface area contributed by atoms with Gasteiger partial charge in [0.15, 0.2) is 0 Å². The van der Waals surface area contributed by atoms with Gasteiger partial charge in [0.25, 0.3) is 0 Å². The highest BCUT2D eigenvalue weighted by molar-refractivity contribution is 5.44. The Bertz CT molecular complexity index is 480. The first-order valence-corrected chi connectivity index (χ1v) is 6.69. The van der Waals surface area contributed by atoms with Crippen molar-refractivity contribution in [1.29, 1.82) is 0 Å². The summed E-state index contributed by atoms with van der Waals surface area (Å²) in [6.45, 7) is 10.6. The van der Waals surface area contributed by atoms with Crippen molar-refractivity contribution in [1.82, 2.24) is 5.32 Å². The zero-order valence-corrected chi connectivity index (χ0v) is 12.2. The van der Waals surface area contributed by atoms with Crippen LogP contribution in [0.1, 0.15) is 38.8 Å². The summed E-state index contributed by atoms with van der Waals surface area (Å²) in [4.78, 5) is 0. The molecule has 1 aliphatic rings. The van der Waals surface area contributed by atoms with E-state index in [4.69, 9.17) is 9.47 Å². The third-order valence-corrected chi connectivity index (χ3v) is 3.28. The van der Waals surface area contributed by atoms with Gasteiger partial charge in [-0.2, -0.15) is 0 Å². The Morgan fingerprint density at radius 3 is 2.89 bits per heavy atom. The van der Waals surface area contributed by atoms with Gasteiger partial charge < -0.3 is 14.8 Å². The zero-order valence-electron chi connectivity index (χ0n) is 12.2. The van der Waals surface area contributed by atoms with Gasteiger partial charge in [-0.05, 0) is 39.5 Å². The maximum Gasteiger partial charge on any atom is 0.128 e. The van der Waals surface area contributed by atoms with E-state index in [9.17, 15) is 0 Å². The average molecular weight is 261 g/mol. The normalized spacial score (nSPS) is 20.3. The van der Waals surface area contributed by atoms with Crippen molar-refractivity contribution in [2.45, 2.75) is 38.8 Å². The minimum Gasteiger partial charge on any atom is -0.489 e. The fourth-order valence-corrected chi connectivity index (χ4v) is 2.39. The van der Waals surface area contributed by atoms with Gasteiger partial charge in [-0.25, -0.2) is 0 Å². The first kappa shape index (κ1) is 13.9. The third kappa shape index (κ3) is 3.29. The van der Waals surface area contributed by atoms with Crippen molar-refractivity contribution in [3.8, 4) is 11.5 Å². The summed E-state index contributed by atoms with van der Waals surface area (Å²) in [5.74, 6) is 1.74. The standard InChI is InChI=1S/C16H23NO2/c1-11(2)10-18-12-6-7-13-14(17-5)9-16(3,4)19-15(13)8-12/h6-8,14,17H,1,9-10H2,2-5H3. The summed E-state index contributed by atoms with van der Waals surface area (Å²) in [5.41, 5.74) is 2.05. The Labute approximate surface area is 115 Å². The molecule has 104 valence electrons. The number of hydrogen-bond acceptors (Lipinski definition) is 3. The quantitative estimate of drug-likeness (QED) is 0.842. The second kappa shape index (κ2) is 5.25. The SMILES string of the molecule is C=C(C)COc1ccc2c(c1)OC(C)(C)CC2NC. The summed E-state index contributed by atoms with van der Waals surface area (Å²) in [5, 5.41) is 3.35. The molecule has 1 aromatic carbocycles. The second-order valence-electron chi connectivity index (χ2n) is 5.85. The van der Waals surface area contributed by atoms with Gasteiger partial charge in [0, 0.05) is 24.1 Å². The van der Waals surface area contributed by atoms with Gasteiger partial charge in [0.2, 0.25) is 0 Å². The van der Waals surface area contributed by atoms with Crippen LogP contribution in [0, 0.1) is 0 Å². The second-order valence-corrected chi connectivity index (χ2v) is 5.85. The molecular formula is C16H23NO2. The monoisotopic (exact) mass is 261 g/mol. The van der Waals surface area contributed by atoms with Crippen molar-refractivity contribution in [3.05, 3.63) is 35.9 Å². The fraction of sp³-hybridized carbons (Fsp3) is 0.500. The van der Waals surface area contributed by atoms with Gasteiger partial charge in [0.1, 0.15) is 23.7 Å². The molecule has 3 nitrogen and oxygen atoms in total. The molecular weight excluding hydrogens is 238 g/mol. The maximum atomic E-state index is 6.06. The van der Waals surface area contributed by atoms with Gasteiger partial charge in [0.05, 0.1) is 0 Å². The summed E-state index contributed by atoms with van der Waals surface area (Å²) >= 11 is 0. The van der Waals surface area contributed by atoms with E-state index in [0.717, 1.165) is 23.5 Å². The van der Waals surface area contributed by atoms with Gasteiger partial charge in [-0.3, -0.25) is 0 Å². The summed E-state index contributed by atoms with van der Waals surface area (Å²) in [6.07, 6.45) is 0.961. The number of ether oxygens (including phenoxy) is 2. The van der Waals surface area contributed by atoms with E-state index in [-0.39, 0.29) is 5.60 Å². The number of hydrogen-bond donors (Lipinski definition) is 1. The van der Waals surface area contributed by atoms with Crippen LogP contribution in [0.25, 0.3) is 0 Å². The Balaban J connectivity index is 2.25. The molecule has 1 unspecified atom stereocenters. The van der Waals surface area contributed by atoms with Gasteiger partial charge >= 0.3 is 0 Å². The van der Waals surface area contributed by atoms with E-state index >= 15 is 0 Å². The minimum atomic E-state index is -0.159. The highest BCUT2D eigenvalue weighted by Gasteiger charge is 2.33. The highest BCUT2D eigenvalue weighted by atomic mass is 16.5. The lowest BCUT2D eigenvalue weighted by Crippen LogP contribution is -2.38. The molecule has 1 heterocycles. The number of benzene rings is 1. The molecule has 1 aromatic rings. The molecule has 0 aliphatic carbocycles. The Kier molecular flexibility index (Phi) is 3.85. The molecule has 1 atom stereocenters. The van der Waals surface area contributed by atoms with Gasteiger partial charge in [-0.1, -0.05) is 12.6 Å². The minimum absolute atomic E-state index is 0.159. The zero-order chi connectivity index (χ0) is 14.0. The molecule has 0 fully saturated rings. The summed E-state index contributed by atoms with van der Waals surface area (Å²) in [7, 11) is 1.99. The molecule has 0 spiro atoms. The van der Waals surface area contributed by atoms with Crippen molar-refractivity contribution >= 4 is 0 Å². The maximum absolute atomic E-state index is 6.06. The molecule has 0 saturated heterocycles. The first-order chi connectivity index (χ1) is 8.91. The Hall–Kier alpha value is -1.48. The molecule has 0 amide bonds. The van der Waals surface area contributed by atoms with Crippen LogP contribution in [0.15, 0.2) is 30.4 Å². The Morgan fingerprint density at radius 1 is 1.53 bits per heavy atom. The van der Waals surface area contributed by atoms with Crippen LogP contribution in [0.5, 0.6) is 11.5 Å². The van der Waals surface area contributed by atoms with Crippen molar-refractivity contribution in [2.75, 3.05) is 13.7 Å². The summed E-state index contributed by atoms with van der Waals surface area (Å²) < 4.78 is 11.7. The Morgan fingerprint density at radius 2 is 2.26 bits per heavy atom. The molecule has 1 N–H and O–H groups in total.